The molecule has 1 saturated heterocycles. The summed E-state index contributed by atoms with van der Waals surface area (Å²) in [5.74, 6) is -1.65. The van der Waals surface area contributed by atoms with Crippen LogP contribution in [-0.2, 0) is 0 Å². The van der Waals surface area contributed by atoms with Crippen LogP contribution in [0.15, 0.2) is 18.2 Å². The highest BCUT2D eigenvalue weighted by Crippen LogP contribution is 2.26. The van der Waals surface area contributed by atoms with Gasteiger partial charge in [0.2, 0.25) is 0 Å². The first kappa shape index (κ1) is 15.9. The minimum absolute atomic E-state index is 0.0313. The quantitative estimate of drug-likeness (QED) is 0.683. The Kier molecular flexibility index (Phi) is 4.44. The van der Waals surface area contributed by atoms with Crippen molar-refractivity contribution < 1.29 is 19.6 Å². The zero-order valence-electron chi connectivity index (χ0n) is 12.5. The van der Waals surface area contributed by atoms with E-state index in [0.717, 1.165) is 31.4 Å². The fourth-order valence-electron chi connectivity index (χ4n) is 2.93. The molecule has 1 amide bonds. The largest absolute Gasteiger partial charge is 0.478 e. The predicted molar refractivity (Wildman–Crippen MR) is 79.0 cm³/mol. The summed E-state index contributed by atoms with van der Waals surface area (Å²) in [5, 5.41) is 20.0. The molecule has 7 heteroatoms. The van der Waals surface area contributed by atoms with Crippen LogP contribution in [0.1, 0.15) is 53.8 Å². The number of carbonyl (C=O) groups is 2. The number of aromatic carboxylic acids is 1. The summed E-state index contributed by atoms with van der Waals surface area (Å²) in [6.45, 7) is 3.87. The second-order valence-electron chi connectivity index (χ2n) is 5.67. The summed E-state index contributed by atoms with van der Waals surface area (Å²) in [6.07, 6.45) is 2.77. The monoisotopic (exact) mass is 306 g/mol. The molecule has 118 valence electrons. The molecular weight excluding hydrogens is 288 g/mol. The van der Waals surface area contributed by atoms with Crippen LogP contribution in [0.5, 0.6) is 0 Å². The molecule has 0 bridgehead atoms. The van der Waals surface area contributed by atoms with E-state index in [1.54, 1.807) is 4.90 Å². The van der Waals surface area contributed by atoms with E-state index in [1.807, 2.05) is 13.8 Å². The summed E-state index contributed by atoms with van der Waals surface area (Å²) >= 11 is 0. The van der Waals surface area contributed by atoms with Crippen LogP contribution in [0, 0.1) is 10.1 Å². The number of carboxylic acids is 1. The van der Waals surface area contributed by atoms with Crippen LogP contribution in [0.2, 0.25) is 0 Å². The molecule has 0 radical (unpaired) electrons. The van der Waals surface area contributed by atoms with E-state index in [2.05, 4.69) is 0 Å². The Labute approximate surface area is 127 Å². The Morgan fingerprint density at radius 2 is 1.73 bits per heavy atom. The third kappa shape index (κ3) is 3.08. The zero-order chi connectivity index (χ0) is 16.4. The molecule has 1 aliphatic rings. The molecule has 2 atom stereocenters. The van der Waals surface area contributed by atoms with Crippen molar-refractivity contribution in [2.45, 2.75) is 45.2 Å². The Hall–Kier alpha value is -2.44. The van der Waals surface area contributed by atoms with E-state index in [4.69, 9.17) is 5.11 Å². The molecule has 1 fully saturated rings. The minimum Gasteiger partial charge on any atom is -0.478 e. The van der Waals surface area contributed by atoms with Gasteiger partial charge in [-0.3, -0.25) is 14.9 Å². The van der Waals surface area contributed by atoms with E-state index in [0.29, 0.717) is 0 Å². The number of carbonyl (C=O) groups excluding carboxylic acids is 1. The fraction of sp³-hybridized carbons (Fsp3) is 0.467. The molecule has 1 aliphatic heterocycles. The maximum atomic E-state index is 12.7. The molecule has 1 heterocycles. The van der Waals surface area contributed by atoms with Gasteiger partial charge in [0, 0.05) is 29.8 Å². The number of nitro benzene ring substituents is 1. The number of nitrogens with zero attached hydrogens (tertiary/aromatic N) is 2. The number of likely N-dealkylation sites (tertiary alicyclic amines) is 1. The molecular formula is C15H18N2O5. The average Bonchev–Trinajstić information content (AvgIpc) is 2.46. The van der Waals surface area contributed by atoms with Crippen molar-refractivity contribution >= 4 is 17.6 Å². The van der Waals surface area contributed by atoms with E-state index < -0.39 is 10.9 Å². The summed E-state index contributed by atoms with van der Waals surface area (Å²) < 4.78 is 0. The Bertz CT molecular complexity index is 586. The molecule has 0 spiro atoms. The normalized spacial score (nSPS) is 21.5. The van der Waals surface area contributed by atoms with Crippen LogP contribution >= 0.6 is 0 Å². The fourth-order valence-corrected chi connectivity index (χ4v) is 2.93. The summed E-state index contributed by atoms with van der Waals surface area (Å²) in [6, 6.07) is 3.36. The van der Waals surface area contributed by atoms with Crippen LogP contribution in [0.3, 0.4) is 0 Å². The molecule has 0 saturated carbocycles. The van der Waals surface area contributed by atoms with Gasteiger partial charge < -0.3 is 10.0 Å². The highest BCUT2D eigenvalue weighted by Gasteiger charge is 2.30. The minimum atomic E-state index is -1.29. The maximum absolute atomic E-state index is 12.7. The van der Waals surface area contributed by atoms with Gasteiger partial charge in [0.05, 0.1) is 10.5 Å². The molecule has 7 nitrogen and oxygen atoms in total. The van der Waals surface area contributed by atoms with Gasteiger partial charge in [-0.2, -0.15) is 0 Å². The highest BCUT2D eigenvalue weighted by molar-refractivity contribution is 5.98. The first-order chi connectivity index (χ1) is 10.3. The zero-order valence-corrected chi connectivity index (χ0v) is 12.5. The molecule has 1 aromatic carbocycles. The average molecular weight is 306 g/mol. The second-order valence-corrected chi connectivity index (χ2v) is 5.67. The predicted octanol–water partition coefficient (Wildman–Crippen LogP) is 2.70. The number of hydrogen-bond donors (Lipinski definition) is 1. The smallest absolute Gasteiger partial charge is 0.335 e. The number of benzene rings is 1. The number of hydrogen-bond acceptors (Lipinski definition) is 4. The Balaban J connectivity index is 2.44. The van der Waals surface area contributed by atoms with Crippen LogP contribution in [0.4, 0.5) is 5.69 Å². The van der Waals surface area contributed by atoms with Crippen molar-refractivity contribution in [1.29, 1.82) is 0 Å². The third-order valence-electron chi connectivity index (χ3n) is 4.05. The van der Waals surface area contributed by atoms with E-state index in [1.165, 1.54) is 6.07 Å². The van der Waals surface area contributed by atoms with Gasteiger partial charge in [0.15, 0.2) is 0 Å². The maximum Gasteiger partial charge on any atom is 0.335 e. The Morgan fingerprint density at radius 3 is 2.23 bits per heavy atom. The summed E-state index contributed by atoms with van der Waals surface area (Å²) in [4.78, 5) is 35.7. The van der Waals surface area contributed by atoms with Crippen molar-refractivity contribution in [2.24, 2.45) is 0 Å². The van der Waals surface area contributed by atoms with Crippen molar-refractivity contribution in [3.05, 3.63) is 39.4 Å². The van der Waals surface area contributed by atoms with Crippen molar-refractivity contribution in [3.8, 4) is 0 Å². The topological polar surface area (TPSA) is 101 Å². The first-order valence-corrected chi connectivity index (χ1v) is 7.16. The van der Waals surface area contributed by atoms with Crippen LogP contribution in [0.25, 0.3) is 0 Å². The number of piperidine rings is 1. The lowest BCUT2D eigenvalue weighted by Crippen LogP contribution is -2.47. The standard InChI is InChI=1S/C15H18N2O5/c1-9-4-3-5-10(2)16(9)14(18)11-6-12(15(19)20)8-13(7-11)17(21)22/h6-10H,3-5H2,1-2H3,(H,19,20). The Morgan fingerprint density at radius 1 is 1.18 bits per heavy atom. The third-order valence-corrected chi connectivity index (χ3v) is 4.05. The lowest BCUT2D eigenvalue weighted by molar-refractivity contribution is -0.384. The molecule has 0 aromatic heterocycles. The molecule has 22 heavy (non-hydrogen) atoms. The SMILES string of the molecule is CC1CCCC(C)N1C(=O)c1cc(C(=O)O)cc([N+](=O)[O-])c1. The van der Waals surface area contributed by atoms with Crippen LogP contribution < -0.4 is 0 Å². The van der Waals surface area contributed by atoms with Crippen molar-refractivity contribution in [1.82, 2.24) is 4.90 Å². The van der Waals surface area contributed by atoms with E-state index >= 15 is 0 Å². The van der Waals surface area contributed by atoms with E-state index in [-0.39, 0.29) is 34.8 Å². The van der Waals surface area contributed by atoms with Crippen molar-refractivity contribution in [2.75, 3.05) is 0 Å². The molecule has 1 N–H and O–H groups in total. The lowest BCUT2D eigenvalue weighted by atomic mass is 9.96. The second kappa shape index (κ2) is 6.13. The van der Waals surface area contributed by atoms with E-state index in [9.17, 15) is 19.7 Å². The molecule has 2 rings (SSSR count). The van der Waals surface area contributed by atoms with Gasteiger partial charge in [-0.15, -0.1) is 0 Å². The number of rotatable bonds is 3. The number of carboxylic acid groups (broad SMARTS) is 1. The van der Waals surface area contributed by atoms with Gasteiger partial charge >= 0.3 is 5.97 Å². The number of nitro groups is 1. The molecule has 1 aromatic rings. The van der Waals surface area contributed by atoms with Gasteiger partial charge in [-0.1, -0.05) is 0 Å². The van der Waals surface area contributed by atoms with Gasteiger partial charge in [-0.05, 0) is 39.2 Å². The highest BCUT2D eigenvalue weighted by atomic mass is 16.6. The number of amides is 1. The molecule has 2 unspecified atom stereocenters. The van der Waals surface area contributed by atoms with Crippen molar-refractivity contribution in [3.63, 3.8) is 0 Å². The van der Waals surface area contributed by atoms with Gasteiger partial charge in [0.1, 0.15) is 0 Å². The summed E-state index contributed by atoms with van der Waals surface area (Å²) in [5.41, 5.74) is -0.595. The van der Waals surface area contributed by atoms with Gasteiger partial charge in [-0.25, -0.2) is 4.79 Å². The lowest BCUT2D eigenvalue weighted by Gasteiger charge is -2.39. The molecule has 0 aliphatic carbocycles. The number of non-ortho nitro benzene ring substituents is 1. The van der Waals surface area contributed by atoms with Gasteiger partial charge in [0.25, 0.3) is 11.6 Å². The van der Waals surface area contributed by atoms with Crippen LogP contribution in [-0.4, -0.2) is 38.9 Å². The summed E-state index contributed by atoms with van der Waals surface area (Å²) in [7, 11) is 0. The first-order valence-electron chi connectivity index (χ1n) is 7.16.